The van der Waals surface area contributed by atoms with E-state index in [2.05, 4.69) is 26.6 Å². The number of esters is 1. The number of benzene rings is 1. The first-order valence-corrected chi connectivity index (χ1v) is 11.5. The Bertz CT molecular complexity index is 820. The van der Waals surface area contributed by atoms with Crippen LogP contribution < -0.4 is 15.4 Å². The number of hydrogen-bond acceptors (Lipinski definition) is 6. The number of carbonyl (C=O) groups excluding carboxylic acids is 3. The average Bonchev–Trinajstić information content (AvgIpc) is 2.74. The normalized spacial score (nSPS) is 15.8. The van der Waals surface area contributed by atoms with E-state index in [1.54, 1.807) is 23.1 Å². The van der Waals surface area contributed by atoms with Crippen LogP contribution in [0.25, 0.3) is 0 Å². The molecule has 1 atom stereocenters. The van der Waals surface area contributed by atoms with E-state index in [0.29, 0.717) is 37.6 Å². The Morgan fingerprint density at radius 1 is 1.29 bits per heavy atom. The molecule has 8 nitrogen and oxygen atoms in total. The standard InChI is InChI=1S/C21H28BrN3O5S/c1-3-5-11-30-18(26)13-16-20(28)23-8-9-25(16)21(31)24-19(27)15-12-14(22)6-7-17(15)29-10-4-2/h6-7,12,16H,3-5,8-11,13H2,1-2H3,(H,23,28)(H,24,27,31). The third-order valence-electron chi connectivity index (χ3n) is 4.58. The second kappa shape index (κ2) is 12.6. The van der Waals surface area contributed by atoms with Gasteiger partial charge in [-0.1, -0.05) is 36.2 Å². The van der Waals surface area contributed by atoms with Crippen LogP contribution in [0.1, 0.15) is 49.9 Å². The van der Waals surface area contributed by atoms with Crippen molar-refractivity contribution < 1.29 is 23.9 Å². The Labute approximate surface area is 196 Å². The number of thiocarbonyl (C=S) groups is 1. The highest BCUT2D eigenvalue weighted by Crippen LogP contribution is 2.24. The van der Waals surface area contributed by atoms with Crippen LogP contribution >= 0.6 is 28.1 Å². The van der Waals surface area contributed by atoms with E-state index in [1.807, 2.05) is 13.8 Å². The smallest absolute Gasteiger partial charge is 0.308 e. The lowest BCUT2D eigenvalue weighted by Gasteiger charge is -2.36. The first-order chi connectivity index (χ1) is 14.9. The second-order valence-corrected chi connectivity index (χ2v) is 8.33. The van der Waals surface area contributed by atoms with Gasteiger partial charge in [0.25, 0.3) is 5.91 Å². The predicted octanol–water partition coefficient (Wildman–Crippen LogP) is 2.79. The summed E-state index contributed by atoms with van der Waals surface area (Å²) in [5, 5.41) is 5.48. The number of hydrogen-bond donors (Lipinski definition) is 2. The van der Waals surface area contributed by atoms with Gasteiger partial charge in [0.15, 0.2) is 5.11 Å². The fraction of sp³-hybridized carbons (Fsp3) is 0.524. The van der Waals surface area contributed by atoms with Gasteiger partial charge in [-0.25, -0.2) is 0 Å². The number of carbonyl (C=O) groups is 3. The first kappa shape index (κ1) is 25.1. The molecule has 31 heavy (non-hydrogen) atoms. The van der Waals surface area contributed by atoms with Gasteiger partial charge in [-0.15, -0.1) is 0 Å². The van der Waals surface area contributed by atoms with Gasteiger partial charge in [0.1, 0.15) is 11.8 Å². The van der Waals surface area contributed by atoms with Crippen molar-refractivity contribution in [1.29, 1.82) is 0 Å². The summed E-state index contributed by atoms with van der Waals surface area (Å²) in [5.74, 6) is -0.813. The number of unbranched alkanes of at least 4 members (excludes halogenated alkanes) is 1. The van der Waals surface area contributed by atoms with Gasteiger partial charge in [0.05, 0.1) is 25.2 Å². The molecular weight excluding hydrogens is 486 g/mol. The maximum atomic E-state index is 12.9. The Balaban J connectivity index is 2.09. The zero-order valence-corrected chi connectivity index (χ0v) is 20.1. The number of piperazine rings is 1. The first-order valence-electron chi connectivity index (χ1n) is 10.3. The van der Waals surface area contributed by atoms with Crippen LogP contribution in [-0.2, 0) is 14.3 Å². The van der Waals surface area contributed by atoms with E-state index in [-0.39, 0.29) is 17.4 Å². The number of halogens is 1. The van der Waals surface area contributed by atoms with E-state index in [0.717, 1.165) is 23.7 Å². The molecule has 10 heteroatoms. The molecule has 1 aliphatic heterocycles. The van der Waals surface area contributed by atoms with Gasteiger partial charge >= 0.3 is 5.97 Å². The molecule has 1 aromatic rings. The molecule has 1 saturated heterocycles. The van der Waals surface area contributed by atoms with E-state index in [9.17, 15) is 14.4 Å². The summed E-state index contributed by atoms with van der Waals surface area (Å²) in [4.78, 5) is 39.0. The molecule has 0 bridgehead atoms. The van der Waals surface area contributed by atoms with E-state index < -0.39 is 17.9 Å². The molecule has 0 aliphatic carbocycles. The molecule has 0 aromatic heterocycles. The highest BCUT2D eigenvalue weighted by atomic mass is 79.9. The van der Waals surface area contributed by atoms with Crippen LogP contribution in [-0.4, -0.2) is 60.1 Å². The summed E-state index contributed by atoms with van der Waals surface area (Å²) in [6.07, 6.45) is 2.32. The maximum absolute atomic E-state index is 12.9. The highest BCUT2D eigenvalue weighted by molar-refractivity contribution is 9.10. The van der Waals surface area contributed by atoms with Crippen molar-refractivity contribution in [3.05, 3.63) is 28.2 Å². The van der Waals surface area contributed by atoms with Crippen molar-refractivity contribution in [2.24, 2.45) is 0 Å². The van der Waals surface area contributed by atoms with Crippen LogP contribution in [0.3, 0.4) is 0 Å². The number of nitrogens with zero attached hydrogens (tertiary/aromatic N) is 1. The second-order valence-electron chi connectivity index (χ2n) is 7.03. The fourth-order valence-corrected chi connectivity index (χ4v) is 3.63. The highest BCUT2D eigenvalue weighted by Gasteiger charge is 2.34. The van der Waals surface area contributed by atoms with Crippen LogP contribution in [0.15, 0.2) is 22.7 Å². The van der Waals surface area contributed by atoms with Crippen LogP contribution in [0.4, 0.5) is 0 Å². The minimum absolute atomic E-state index is 0.0765. The van der Waals surface area contributed by atoms with Crippen LogP contribution in [0.2, 0.25) is 0 Å². The van der Waals surface area contributed by atoms with E-state index in [4.69, 9.17) is 21.7 Å². The molecule has 1 unspecified atom stereocenters. The summed E-state index contributed by atoms with van der Waals surface area (Å²) in [7, 11) is 0. The molecule has 170 valence electrons. The van der Waals surface area contributed by atoms with Crippen LogP contribution in [0.5, 0.6) is 5.75 Å². The summed E-state index contributed by atoms with van der Waals surface area (Å²) in [6.45, 7) is 5.49. The molecule has 0 saturated carbocycles. The molecular formula is C21H28BrN3O5S. The van der Waals surface area contributed by atoms with Crippen molar-refractivity contribution in [1.82, 2.24) is 15.5 Å². The van der Waals surface area contributed by atoms with Gasteiger partial charge in [-0.2, -0.15) is 0 Å². The van der Waals surface area contributed by atoms with E-state index in [1.165, 1.54) is 0 Å². The Kier molecular flexibility index (Phi) is 10.2. The number of rotatable bonds is 9. The largest absolute Gasteiger partial charge is 0.493 e. The lowest BCUT2D eigenvalue weighted by Crippen LogP contribution is -2.60. The van der Waals surface area contributed by atoms with Crippen molar-refractivity contribution in [3.8, 4) is 5.75 Å². The van der Waals surface area contributed by atoms with Gasteiger partial charge in [-0.3, -0.25) is 19.7 Å². The number of amides is 2. The molecule has 2 N–H and O–H groups in total. The molecule has 1 fully saturated rings. The summed E-state index contributed by atoms with van der Waals surface area (Å²) in [5.41, 5.74) is 0.321. The summed E-state index contributed by atoms with van der Waals surface area (Å²) >= 11 is 8.78. The van der Waals surface area contributed by atoms with Gasteiger partial charge in [-0.05, 0) is 43.3 Å². The Hall–Kier alpha value is -2.20. The SMILES string of the molecule is CCCCOC(=O)CC1C(=O)NCCN1C(=S)NC(=O)c1cc(Br)ccc1OCCC. The summed E-state index contributed by atoms with van der Waals surface area (Å²) < 4.78 is 11.6. The molecule has 1 heterocycles. The minimum Gasteiger partial charge on any atom is -0.493 e. The maximum Gasteiger partial charge on any atom is 0.308 e. The average molecular weight is 514 g/mol. The predicted molar refractivity (Wildman–Crippen MR) is 124 cm³/mol. The van der Waals surface area contributed by atoms with Crippen LogP contribution in [0, 0.1) is 0 Å². The number of nitrogens with one attached hydrogen (secondary N) is 2. The lowest BCUT2D eigenvalue weighted by atomic mass is 10.1. The molecule has 0 radical (unpaired) electrons. The number of ether oxygens (including phenoxy) is 2. The van der Waals surface area contributed by atoms with Crippen molar-refractivity contribution >= 4 is 51.0 Å². The molecule has 2 rings (SSSR count). The third kappa shape index (κ3) is 7.46. The van der Waals surface area contributed by atoms with E-state index >= 15 is 0 Å². The monoisotopic (exact) mass is 513 g/mol. The molecule has 0 spiro atoms. The molecule has 1 aromatic carbocycles. The Morgan fingerprint density at radius 3 is 2.77 bits per heavy atom. The topological polar surface area (TPSA) is 97.0 Å². The minimum atomic E-state index is -0.839. The fourth-order valence-electron chi connectivity index (χ4n) is 2.96. The van der Waals surface area contributed by atoms with Crippen molar-refractivity contribution in [2.45, 2.75) is 45.6 Å². The molecule has 2 amide bonds. The van der Waals surface area contributed by atoms with Crippen molar-refractivity contribution in [2.75, 3.05) is 26.3 Å². The van der Waals surface area contributed by atoms with Gasteiger partial charge in [0, 0.05) is 17.6 Å². The van der Waals surface area contributed by atoms with Gasteiger partial charge in [0.2, 0.25) is 5.91 Å². The summed E-state index contributed by atoms with van der Waals surface area (Å²) in [6, 6.07) is 4.30. The lowest BCUT2D eigenvalue weighted by molar-refractivity contribution is -0.147. The van der Waals surface area contributed by atoms with Crippen molar-refractivity contribution in [3.63, 3.8) is 0 Å². The zero-order valence-electron chi connectivity index (χ0n) is 17.7. The quantitative estimate of drug-likeness (QED) is 0.297. The van der Waals surface area contributed by atoms with Gasteiger partial charge < -0.3 is 19.7 Å². The Morgan fingerprint density at radius 2 is 2.06 bits per heavy atom. The third-order valence-corrected chi connectivity index (χ3v) is 5.41. The zero-order chi connectivity index (χ0) is 22.8. The molecule has 1 aliphatic rings.